The lowest BCUT2D eigenvalue weighted by Crippen LogP contribution is -2.23. The fraction of sp³-hybridized carbons (Fsp3) is 1.00. The maximum Gasteiger partial charge on any atom is 0.173 e. The lowest BCUT2D eigenvalue weighted by Gasteiger charge is -2.14. The summed E-state index contributed by atoms with van der Waals surface area (Å²) in [4.78, 5) is 0. The highest BCUT2D eigenvalue weighted by molar-refractivity contribution is 8.20. The highest BCUT2D eigenvalue weighted by Gasteiger charge is 2.25. The molecule has 0 radical (unpaired) electrons. The Bertz CT molecular complexity index is 182. The van der Waals surface area contributed by atoms with E-state index in [1.54, 1.807) is 13.8 Å². The van der Waals surface area contributed by atoms with Crippen molar-refractivity contribution in [2.75, 3.05) is 12.5 Å². The van der Waals surface area contributed by atoms with Gasteiger partial charge in [-0.3, -0.25) is 0 Å². The van der Waals surface area contributed by atoms with Gasteiger partial charge in [0.2, 0.25) is 0 Å². The van der Waals surface area contributed by atoms with Gasteiger partial charge in [0.25, 0.3) is 0 Å². The van der Waals surface area contributed by atoms with Gasteiger partial charge in [-0.1, -0.05) is 0 Å². The van der Waals surface area contributed by atoms with Crippen LogP contribution in [0.15, 0.2) is 0 Å². The van der Waals surface area contributed by atoms with Gasteiger partial charge in [-0.25, -0.2) is 8.42 Å². The van der Waals surface area contributed by atoms with Gasteiger partial charge in [0.05, 0.1) is 0 Å². The summed E-state index contributed by atoms with van der Waals surface area (Å²) in [6, 6.07) is 0. The third-order valence-corrected chi connectivity index (χ3v) is 7.53. The SMILES string of the molecule is CSC(C)S(=O)(=O)C(C)SC. The molecule has 0 aromatic carbocycles. The molecule has 5 heteroatoms. The molecule has 0 saturated carbocycles. The van der Waals surface area contributed by atoms with Gasteiger partial charge >= 0.3 is 0 Å². The fourth-order valence-electron chi connectivity index (χ4n) is 0.538. The maximum atomic E-state index is 11.5. The first-order chi connectivity index (χ1) is 4.96. The Labute approximate surface area is 77.4 Å². The molecule has 0 amide bonds. The lowest BCUT2D eigenvalue weighted by atomic mass is 10.9. The van der Waals surface area contributed by atoms with Gasteiger partial charge in [-0.05, 0) is 26.4 Å². The molecular formula is C6H14O2S3. The van der Waals surface area contributed by atoms with Crippen molar-refractivity contribution in [1.82, 2.24) is 0 Å². The van der Waals surface area contributed by atoms with E-state index in [1.807, 2.05) is 12.5 Å². The van der Waals surface area contributed by atoms with E-state index in [0.29, 0.717) is 0 Å². The van der Waals surface area contributed by atoms with Crippen molar-refractivity contribution in [2.45, 2.75) is 23.0 Å². The Balaban J connectivity index is 4.46. The van der Waals surface area contributed by atoms with Crippen molar-refractivity contribution < 1.29 is 8.42 Å². The molecule has 0 bridgehead atoms. The summed E-state index contributed by atoms with van der Waals surface area (Å²) in [6.45, 7) is 3.46. The Morgan fingerprint density at radius 1 is 1.00 bits per heavy atom. The quantitative estimate of drug-likeness (QED) is 0.715. The van der Waals surface area contributed by atoms with Crippen LogP contribution in [0, 0.1) is 0 Å². The van der Waals surface area contributed by atoms with Crippen LogP contribution in [0.4, 0.5) is 0 Å². The molecule has 0 aliphatic heterocycles. The van der Waals surface area contributed by atoms with E-state index in [9.17, 15) is 8.42 Å². The molecule has 68 valence electrons. The predicted octanol–water partition coefficient (Wildman–Crippen LogP) is 1.82. The van der Waals surface area contributed by atoms with Gasteiger partial charge in [0, 0.05) is 0 Å². The van der Waals surface area contributed by atoms with Crippen molar-refractivity contribution in [2.24, 2.45) is 0 Å². The predicted molar refractivity (Wildman–Crippen MR) is 54.9 cm³/mol. The summed E-state index contributed by atoms with van der Waals surface area (Å²) in [7, 11) is -2.91. The van der Waals surface area contributed by atoms with Crippen LogP contribution in [0.3, 0.4) is 0 Å². The van der Waals surface area contributed by atoms with Gasteiger partial charge in [0.15, 0.2) is 9.84 Å². The monoisotopic (exact) mass is 214 g/mol. The second kappa shape index (κ2) is 4.62. The van der Waals surface area contributed by atoms with E-state index in [4.69, 9.17) is 0 Å². The van der Waals surface area contributed by atoms with Crippen molar-refractivity contribution in [1.29, 1.82) is 0 Å². The molecule has 0 rings (SSSR count). The first kappa shape index (κ1) is 11.6. The summed E-state index contributed by atoms with van der Waals surface area (Å²) in [5.41, 5.74) is 0. The molecule has 2 nitrogen and oxygen atoms in total. The zero-order valence-corrected chi connectivity index (χ0v) is 9.65. The van der Waals surface area contributed by atoms with Crippen molar-refractivity contribution in [3.63, 3.8) is 0 Å². The molecule has 0 heterocycles. The summed E-state index contributed by atoms with van der Waals surface area (Å²) >= 11 is 2.75. The minimum absolute atomic E-state index is 0.287. The number of hydrogen-bond donors (Lipinski definition) is 0. The average Bonchev–Trinajstić information content (AvgIpc) is 2.01. The van der Waals surface area contributed by atoms with Gasteiger partial charge in [-0.15, -0.1) is 23.5 Å². The molecule has 2 unspecified atom stereocenters. The first-order valence-electron chi connectivity index (χ1n) is 3.25. The molecule has 0 aromatic heterocycles. The maximum absolute atomic E-state index is 11.5. The second-order valence-corrected chi connectivity index (χ2v) is 7.74. The molecule has 0 aromatic rings. The summed E-state index contributed by atoms with van der Waals surface area (Å²) in [5.74, 6) is 0. The molecule has 0 aliphatic carbocycles. The Morgan fingerprint density at radius 3 is 1.45 bits per heavy atom. The Hall–Kier alpha value is 0.650. The topological polar surface area (TPSA) is 34.1 Å². The van der Waals surface area contributed by atoms with Gasteiger partial charge in [0.1, 0.15) is 9.16 Å². The van der Waals surface area contributed by atoms with Gasteiger partial charge in [-0.2, -0.15) is 0 Å². The number of rotatable bonds is 4. The van der Waals surface area contributed by atoms with Crippen LogP contribution < -0.4 is 0 Å². The second-order valence-electron chi connectivity index (χ2n) is 2.20. The molecule has 0 aliphatic rings. The summed E-state index contributed by atoms with van der Waals surface area (Å²) in [5, 5.41) is 0. The third kappa shape index (κ3) is 2.87. The van der Waals surface area contributed by atoms with E-state index in [0.717, 1.165) is 0 Å². The molecule has 0 fully saturated rings. The molecule has 11 heavy (non-hydrogen) atoms. The van der Waals surface area contributed by atoms with Crippen molar-refractivity contribution in [3.8, 4) is 0 Å². The van der Waals surface area contributed by atoms with E-state index in [-0.39, 0.29) is 9.16 Å². The zero-order valence-electron chi connectivity index (χ0n) is 7.20. The number of thioether (sulfide) groups is 2. The molecule has 0 spiro atoms. The highest BCUT2D eigenvalue weighted by Crippen LogP contribution is 2.23. The average molecular weight is 214 g/mol. The fourth-order valence-corrected chi connectivity index (χ4v) is 4.43. The van der Waals surface area contributed by atoms with E-state index < -0.39 is 9.84 Å². The molecular weight excluding hydrogens is 200 g/mol. The van der Waals surface area contributed by atoms with Crippen LogP contribution in [-0.4, -0.2) is 30.1 Å². The minimum Gasteiger partial charge on any atom is -0.227 e. The van der Waals surface area contributed by atoms with Crippen LogP contribution in [0.5, 0.6) is 0 Å². The van der Waals surface area contributed by atoms with E-state index in [2.05, 4.69) is 0 Å². The molecule has 0 saturated heterocycles. The normalized spacial score (nSPS) is 17.8. The molecule has 2 atom stereocenters. The zero-order chi connectivity index (χ0) is 9.07. The third-order valence-electron chi connectivity index (χ3n) is 1.59. The summed E-state index contributed by atoms with van der Waals surface area (Å²) in [6.07, 6.45) is 3.63. The number of sulfone groups is 1. The minimum atomic E-state index is -2.91. The van der Waals surface area contributed by atoms with Gasteiger partial charge < -0.3 is 0 Å². The largest absolute Gasteiger partial charge is 0.227 e. The lowest BCUT2D eigenvalue weighted by molar-refractivity contribution is 0.594. The smallest absolute Gasteiger partial charge is 0.173 e. The number of hydrogen-bond acceptors (Lipinski definition) is 4. The van der Waals surface area contributed by atoms with Crippen LogP contribution in [0.1, 0.15) is 13.8 Å². The van der Waals surface area contributed by atoms with E-state index >= 15 is 0 Å². The first-order valence-corrected chi connectivity index (χ1v) is 7.43. The van der Waals surface area contributed by atoms with Crippen molar-refractivity contribution in [3.05, 3.63) is 0 Å². The van der Waals surface area contributed by atoms with Crippen LogP contribution in [-0.2, 0) is 9.84 Å². The van der Waals surface area contributed by atoms with Crippen LogP contribution in [0.25, 0.3) is 0 Å². The summed E-state index contributed by atoms with van der Waals surface area (Å²) < 4.78 is 22.3. The van der Waals surface area contributed by atoms with Crippen LogP contribution >= 0.6 is 23.5 Å². The standard InChI is InChI=1S/C6H14O2S3/c1-5(9-3)11(7,8)6(2)10-4/h5-6H,1-4H3. The van der Waals surface area contributed by atoms with Crippen molar-refractivity contribution >= 4 is 33.4 Å². The Kier molecular flexibility index (Phi) is 4.89. The highest BCUT2D eigenvalue weighted by atomic mass is 32.3. The van der Waals surface area contributed by atoms with E-state index in [1.165, 1.54) is 23.5 Å². The van der Waals surface area contributed by atoms with Crippen LogP contribution in [0.2, 0.25) is 0 Å². The Morgan fingerprint density at radius 2 is 1.27 bits per heavy atom. The molecule has 0 N–H and O–H groups in total.